The van der Waals surface area contributed by atoms with Crippen LogP contribution >= 0.6 is 0 Å². The first-order valence-corrected chi connectivity index (χ1v) is 8.28. The molecule has 0 spiro atoms. The molecule has 140 valence electrons. The van der Waals surface area contributed by atoms with Gasteiger partial charge in [-0.2, -0.15) is 5.10 Å². The number of hydrogen-bond donors (Lipinski definition) is 2. The summed E-state index contributed by atoms with van der Waals surface area (Å²) < 4.78 is 0. The highest BCUT2D eigenvalue weighted by atomic mass is 16.6. The van der Waals surface area contributed by atoms with Crippen LogP contribution in [0.4, 0.5) is 11.4 Å². The highest BCUT2D eigenvalue weighted by molar-refractivity contribution is 5.94. The standard InChI is InChI=1S/C19H20N4O4/c1-13-6-7-17(14(2)10-13)21-18(24)8-9-19(25)22-20-12-15-4-3-5-16(11-15)23(26)27/h3-7,10-12H,8-9H2,1-2H3,(H,21,24)(H,22,25)/b20-12+. The Balaban J connectivity index is 1.79. The Bertz CT molecular complexity index is 893. The van der Waals surface area contributed by atoms with Crippen molar-refractivity contribution in [3.63, 3.8) is 0 Å². The van der Waals surface area contributed by atoms with Gasteiger partial charge in [-0.25, -0.2) is 5.43 Å². The van der Waals surface area contributed by atoms with E-state index in [1.165, 1.54) is 24.4 Å². The molecule has 0 atom stereocenters. The Hall–Kier alpha value is -3.55. The summed E-state index contributed by atoms with van der Waals surface area (Å²) in [5.41, 5.74) is 5.49. The van der Waals surface area contributed by atoms with Crippen molar-refractivity contribution < 1.29 is 14.5 Å². The molecule has 2 amide bonds. The second-order valence-electron chi connectivity index (χ2n) is 6.01. The van der Waals surface area contributed by atoms with E-state index in [0.29, 0.717) is 5.56 Å². The fourth-order valence-electron chi connectivity index (χ4n) is 2.35. The molecular formula is C19H20N4O4. The lowest BCUT2D eigenvalue weighted by Crippen LogP contribution is -2.20. The largest absolute Gasteiger partial charge is 0.326 e. The number of hydrogen-bond acceptors (Lipinski definition) is 5. The number of hydrazone groups is 1. The van der Waals surface area contributed by atoms with Gasteiger partial charge in [0.25, 0.3) is 5.69 Å². The molecule has 0 unspecified atom stereocenters. The van der Waals surface area contributed by atoms with Crippen molar-refractivity contribution in [3.05, 3.63) is 69.3 Å². The highest BCUT2D eigenvalue weighted by Crippen LogP contribution is 2.16. The molecule has 0 radical (unpaired) electrons. The van der Waals surface area contributed by atoms with Gasteiger partial charge in [0, 0.05) is 36.2 Å². The number of nitrogens with one attached hydrogen (secondary N) is 2. The van der Waals surface area contributed by atoms with E-state index in [4.69, 9.17) is 0 Å². The number of nitro benzene ring substituents is 1. The number of nitro groups is 1. The molecule has 0 saturated heterocycles. The molecule has 0 saturated carbocycles. The third-order valence-electron chi connectivity index (χ3n) is 3.72. The van der Waals surface area contributed by atoms with Gasteiger partial charge in [0.15, 0.2) is 0 Å². The van der Waals surface area contributed by atoms with Crippen LogP contribution in [0.1, 0.15) is 29.5 Å². The number of aryl methyl sites for hydroxylation is 2. The molecule has 0 fully saturated rings. The number of rotatable bonds is 7. The summed E-state index contributed by atoms with van der Waals surface area (Å²) in [4.78, 5) is 33.9. The predicted octanol–water partition coefficient (Wildman–Crippen LogP) is 3.08. The van der Waals surface area contributed by atoms with Crippen LogP contribution in [-0.4, -0.2) is 23.0 Å². The summed E-state index contributed by atoms with van der Waals surface area (Å²) in [6.07, 6.45) is 1.30. The first kappa shape index (κ1) is 19.8. The van der Waals surface area contributed by atoms with Crippen molar-refractivity contribution in [2.75, 3.05) is 5.32 Å². The van der Waals surface area contributed by atoms with E-state index in [-0.39, 0.29) is 24.4 Å². The van der Waals surface area contributed by atoms with E-state index in [1.807, 2.05) is 32.0 Å². The first-order valence-electron chi connectivity index (χ1n) is 8.28. The number of benzene rings is 2. The molecule has 2 rings (SSSR count). The van der Waals surface area contributed by atoms with Crippen LogP contribution in [0.25, 0.3) is 0 Å². The highest BCUT2D eigenvalue weighted by Gasteiger charge is 2.08. The summed E-state index contributed by atoms with van der Waals surface area (Å²) in [5.74, 6) is -0.688. The quantitative estimate of drug-likeness (QED) is 0.444. The van der Waals surface area contributed by atoms with E-state index in [2.05, 4.69) is 15.8 Å². The summed E-state index contributed by atoms with van der Waals surface area (Å²) in [7, 11) is 0. The number of carbonyl (C=O) groups excluding carboxylic acids is 2. The first-order chi connectivity index (χ1) is 12.8. The lowest BCUT2D eigenvalue weighted by Gasteiger charge is -2.08. The molecule has 2 N–H and O–H groups in total. The Kier molecular flexibility index (Phi) is 6.76. The topological polar surface area (TPSA) is 114 Å². The molecule has 0 aliphatic rings. The van der Waals surface area contributed by atoms with Crippen LogP contribution in [0.3, 0.4) is 0 Å². The third-order valence-corrected chi connectivity index (χ3v) is 3.72. The summed E-state index contributed by atoms with van der Waals surface area (Å²) >= 11 is 0. The van der Waals surface area contributed by atoms with E-state index in [1.54, 1.807) is 6.07 Å². The van der Waals surface area contributed by atoms with Gasteiger partial charge in [0.1, 0.15) is 0 Å². The van der Waals surface area contributed by atoms with Crippen LogP contribution in [0, 0.1) is 24.0 Å². The van der Waals surface area contributed by atoms with Gasteiger partial charge in [-0.1, -0.05) is 29.8 Å². The maximum Gasteiger partial charge on any atom is 0.270 e. The zero-order chi connectivity index (χ0) is 19.8. The molecule has 0 aliphatic carbocycles. The van der Waals surface area contributed by atoms with Crippen LogP contribution in [0.5, 0.6) is 0 Å². The van der Waals surface area contributed by atoms with E-state index in [9.17, 15) is 19.7 Å². The molecule has 8 heteroatoms. The minimum absolute atomic E-state index is 0.0193. The van der Waals surface area contributed by atoms with Crippen LogP contribution < -0.4 is 10.7 Å². The zero-order valence-electron chi connectivity index (χ0n) is 15.1. The molecule has 8 nitrogen and oxygen atoms in total. The number of anilines is 1. The molecular weight excluding hydrogens is 348 g/mol. The summed E-state index contributed by atoms with van der Waals surface area (Å²) in [6, 6.07) is 11.5. The number of carbonyl (C=O) groups is 2. The lowest BCUT2D eigenvalue weighted by atomic mass is 10.1. The van der Waals surface area contributed by atoms with Crippen molar-refractivity contribution in [2.24, 2.45) is 5.10 Å². The molecule has 0 bridgehead atoms. The smallest absolute Gasteiger partial charge is 0.270 e. The second-order valence-corrected chi connectivity index (χ2v) is 6.01. The van der Waals surface area contributed by atoms with E-state index < -0.39 is 10.8 Å². The maximum atomic E-state index is 12.0. The number of non-ortho nitro benzene ring substituents is 1. The molecule has 2 aromatic carbocycles. The Labute approximate surface area is 156 Å². The second kappa shape index (κ2) is 9.23. The third kappa shape index (κ3) is 6.35. The van der Waals surface area contributed by atoms with Gasteiger partial charge in [0.2, 0.25) is 11.8 Å². The van der Waals surface area contributed by atoms with Gasteiger partial charge in [-0.05, 0) is 25.5 Å². The van der Waals surface area contributed by atoms with Gasteiger partial charge >= 0.3 is 0 Å². The van der Waals surface area contributed by atoms with Crippen molar-refractivity contribution in [3.8, 4) is 0 Å². The van der Waals surface area contributed by atoms with E-state index >= 15 is 0 Å². The number of amides is 2. The van der Waals surface area contributed by atoms with Gasteiger partial charge < -0.3 is 5.32 Å². The van der Waals surface area contributed by atoms with Gasteiger partial charge in [0.05, 0.1) is 11.1 Å². The predicted molar refractivity (Wildman–Crippen MR) is 103 cm³/mol. The van der Waals surface area contributed by atoms with Crippen LogP contribution in [-0.2, 0) is 9.59 Å². The summed E-state index contributed by atoms with van der Waals surface area (Å²) in [6.45, 7) is 3.87. The molecule has 2 aromatic rings. The Morgan fingerprint density at radius 3 is 2.56 bits per heavy atom. The van der Waals surface area contributed by atoms with Gasteiger partial charge in [-0.15, -0.1) is 0 Å². The monoisotopic (exact) mass is 368 g/mol. The number of nitrogens with zero attached hydrogens (tertiary/aromatic N) is 2. The van der Waals surface area contributed by atoms with Crippen molar-refractivity contribution in [1.29, 1.82) is 0 Å². The van der Waals surface area contributed by atoms with Crippen LogP contribution in [0.15, 0.2) is 47.6 Å². The average Bonchev–Trinajstić information content (AvgIpc) is 2.62. The fraction of sp³-hybridized carbons (Fsp3) is 0.211. The fourth-order valence-corrected chi connectivity index (χ4v) is 2.35. The van der Waals surface area contributed by atoms with E-state index in [0.717, 1.165) is 16.8 Å². The molecule has 0 heterocycles. The molecule has 0 aromatic heterocycles. The van der Waals surface area contributed by atoms with Crippen molar-refractivity contribution in [1.82, 2.24) is 5.43 Å². The van der Waals surface area contributed by atoms with Crippen molar-refractivity contribution in [2.45, 2.75) is 26.7 Å². The molecule has 27 heavy (non-hydrogen) atoms. The van der Waals surface area contributed by atoms with Crippen molar-refractivity contribution >= 4 is 29.4 Å². The Morgan fingerprint density at radius 1 is 1.11 bits per heavy atom. The maximum absolute atomic E-state index is 12.0. The van der Waals surface area contributed by atoms with Gasteiger partial charge in [-0.3, -0.25) is 19.7 Å². The molecule has 0 aliphatic heterocycles. The lowest BCUT2D eigenvalue weighted by molar-refractivity contribution is -0.384. The Morgan fingerprint density at radius 2 is 1.85 bits per heavy atom. The minimum Gasteiger partial charge on any atom is -0.326 e. The summed E-state index contributed by atoms with van der Waals surface area (Å²) in [5, 5.41) is 17.2. The average molecular weight is 368 g/mol. The normalized spacial score (nSPS) is 10.6. The van der Waals surface area contributed by atoms with Crippen LogP contribution in [0.2, 0.25) is 0 Å². The minimum atomic E-state index is -0.510. The SMILES string of the molecule is Cc1ccc(NC(=O)CCC(=O)N/N=C/c2cccc([N+](=O)[O-])c2)c(C)c1. The zero-order valence-corrected chi connectivity index (χ0v) is 15.1.